The molecule has 0 radical (unpaired) electrons. The molecule has 0 aliphatic carbocycles. The SMILES string of the molecule is COc1c(/C=C/c2ccc(NS(C)(=O)=O)cc2)cc(N2CCCCC2=O)cc1C(C)(C)C. The normalized spacial score (nSPS) is 15.3. The summed E-state index contributed by atoms with van der Waals surface area (Å²) in [6.45, 7) is 7.13. The van der Waals surface area contributed by atoms with Crippen LogP contribution >= 0.6 is 0 Å². The van der Waals surface area contributed by atoms with Crippen molar-refractivity contribution in [1.82, 2.24) is 0 Å². The number of rotatable bonds is 6. The number of nitrogens with one attached hydrogen (secondary N) is 1. The fraction of sp³-hybridized carbons (Fsp3) is 0.400. The lowest BCUT2D eigenvalue weighted by Crippen LogP contribution is -2.35. The van der Waals surface area contributed by atoms with Gasteiger partial charge in [0.25, 0.3) is 0 Å². The van der Waals surface area contributed by atoms with Crippen molar-refractivity contribution in [3.8, 4) is 5.75 Å². The van der Waals surface area contributed by atoms with Crippen LogP contribution in [0.5, 0.6) is 5.75 Å². The molecule has 1 aliphatic rings. The van der Waals surface area contributed by atoms with Gasteiger partial charge in [0.15, 0.2) is 0 Å². The highest BCUT2D eigenvalue weighted by Gasteiger charge is 2.26. The third-order valence-corrected chi connectivity index (χ3v) is 6.03. The van der Waals surface area contributed by atoms with Gasteiger partial charge in [-0.25, -0.2) is 8.42 Å². The summed E-state index contributed by atoms with van der Waals surface area (Å²) < 4.78 is 31.1. The number of sulfonamides is 1. The third kappa shape index (κ3) is 5.91. The van der Waals surface area contributed by atoms with E-state index in [4.69, 9.17) is 4.74 Å². The fourth-order valence-electron chi connectivity index (χ4n) is 3.84. The lowest BCUT2D eigenvalue weighted by molar-refractivity contribution is -0.119. The van der Waals surface area contributed by atoms with Crippen molar-refractivity contribution in [2.75, 3.05) is 29.5 Å². The Morgan fingerprint density at radius 2 is 1.75 bits per heavy atom. The molecule has 2 aromatic carbocycles. The molecule has 0 bridgehead atoms. The number of carbonyl (C=O) groups excluding carboxylic acids is 1. The maximum atomic E-state index is 12.6. The molecule has 6 nitrogen and oxygen atoms in total. The van der Waals surface area contributed by atoms with Crippen molar-refractivity contribution in [3.63, 3.8) is 0 Å². The molecule has 1 aliphatic heterocycles. The number of hydrogen-bond acceptors (Lipinski definition) is 4. The quantitative estimate of drug-likeness (QED) is 0.617. The first kappa shape index (κ1) is 23.9. The van der Waals surface area contributed by atoms with Crippen molar-refractivity contribution < 1.29 is 17.9 Å². The van der Waals surface area contributed by atoms with E-state index in [2.05, 4.69) is 31.6 Å². The minimum Gasteiger partial charge on any atom is -0.496 e. The number of anilines is 2. The predicted octanol–water partition coefficient (Wildman–Crippen LogP) is 5.05. The summed E-state index contributed by atoms with van der Waals surface area (Å²) >= 11 is 0. The van der Waals surface area contributed by atoms with Gasteiger partial charge in [0.2, 0.25) is 15.9 Å². The number of methoxy groups -OCH3 is 1. The molecule has 2 aromatic rings. The zero-order valence-electron chi connectivity index (χ0n) is 19.4. The van der Waals surface area contributed by atoms with Gasteiger partial charge in [-0.15, -0.1) is 0 Å². The van der Waals surface area contributed by atoms with E-state index < -0.39 is 10.0 Å². The van der Waals surface area contributed by atoms with E-state index in [0.29, 0.717) is 12.1 Å². The van der Waals surface area contributed by atoms with Crippen LogP contribution in [0.2, 0.25) is 0 Å². The minimum absolute atomic E-state index is 0.158. The summed E-state index contributed by atoms with van der Waals surface area (Å²) in [5, 5.41) is 0. The number of piperidine rings is 1. The van der Waals surface area contributed by atoms with Crippen LogP contribution in [-0.2, 0) is 20.2 Å². The number of benzene rings is 2. The number of hydrogen-bond donors (Lipinski definition) is 1. The summed E-state index contributed by atoms with van der Waals surface area (Å²) in [6.07, 6.45) is 7.58. The zero-order valence-corrected chi connectivity index (χ0v) is 20.3. The molecule has 32 heavy (non-hydrogen) atoms. The Morgan fingerprint density at radius 1 is 1.06 bits per heavy atom. The maximum Gasteiger partial charge on any atom is 0.229 e. The first-order chi connectivity index (χ1) is 15.0. The highest BCUT2D eigenvalue weighted by Crippen LogP contribution is 2.39. The first-order valence-electron chi connectivity index (χ1n) is 10.8. The topological polar surface area (TPSA) is 75.7 Å². The highest BCUT2D eigenvalue weighted by atomic mass is 32.2. The Morgan fingerprint density at radius 3 is 2.31 bits per heavy atom. The Bertz CT molecular complexity index is 1110. The number of amides is 1. The molecule has 0 spiro atoms. The number of ether oxygens (including phenoxy) is 1. The van der Waals surface area contributed by atoms with Crippen LogP contribution in [-0.4, -0.2) is 34.2 Å². The smallest absolute Gasteiger partial charge is 0.229 e. The molecule has 172 valence electrons. The molecule has 0 aromatic heterocycles. The van der Waals surface area contributed by atoms with E-state index in [1.807, 2.05) is 35.3 Å². The van der Waals surface area contributed by atoms with Crippen LogP contribution < -0.4 is 14.4 Å². The van der Waals surface area contributed by atoms with Gasteiger partial charge >= 0.3 is 0 Å². The van der Waals surface area contributed by atoms with E-state index in [9.17, 15) is 13.2 Å². The molecule has 1 fully saturated rings. The highest BCUT2D eigenvalue weighted by molar-refractivity contribution is 7.92. The molecule has 0 saturated carbocycles. The molecule has 1 amide bonds. The predicted molar refractivity (Wildman–Crippen MR) is 132 cm³/mol. The molecule has 3 rings (SSSR count). The van der Waals surface area contributed by atoms with E-state index >= 15 is 0 Å². The van der Waals surface area contributed by atoms with Gasteiger partial charge in [-0.2, -0.15) is 0 Å². The molecule has 0 unspecified atom stereocenters. The standard InChI is InChI=1S/C25H32N2O4S/c1-25(2,3)22-17-21(27-15-7-6-8-23(27)28)16-19(24(22)31-4)12-9-18-10-13-20(14-11-18)26-32(5,29)30/h9-14,16-17,26H,6-8,15H2,1-5H3/b12-9+. The molecular weight excluding hydrogens is 424 g/mol. The van der Waals surface area contributed by atoms with Gasteiger partial charge in [-0.1, -0.05) is 45.1 Å². The van der Waals surface area contributed by atoms with Crippen molar-refractivity contribution in [1.29, 1.82) is 0 Å². The Balaban J connectivity index is 2.00. The Labute approximate surface area is 191 Å². The molecule has 1 saturated heterocycles. The van der Waals surface area contributed by atoms with Crippen molar-refractivity contribution >= 4 is 39.5 Å². The number of carbonyl (C=O) groups is 1. The fourth-order valence-corrected chi connectivity index (χ4v) is 4.41. The van der Waals surface area contributed by atoms with Crippen LogP contribution in [0.1, 0.15) is 56.7 Å². The minimum atomic E-state index is -3.31. The second kappa shape index (κ2) is 9.36. The molecule has 1 heterocycles. The summed E-state index contributed by atoms with van der Waals surface area (Å²) in [5.74, 6) is 0.947. The van der Waals surface area contributed by atoms with Gasteiger partial charge in [0.05, 0.1) is 13.4 Å². The summed E-state index contributed by atoms with van der Waals surface area (Å²) in [5.41, 5.74) is 4.11. The molecule has 0 atom stereocenters. The largest absolute Gasteiger partial charge is 0.496 e. The van der Waals surface area contributed by atoms with Gasteiger partial charge in [0, 0.05) is 35.5 Å². The summed E-state index contributed by atoms with van der Waals surface area (Å²) in [4.78, 5) is 14.4. The third-order valence-electron chi connectivity index (χ3n) is 5.42. The van der Waals surface area contributed by atoms with E-state index in [0.717, 1.165) is 53.8 Å². The van der Waals surface area contributed by atoms with Crippen molar-refractivity contribution in [2.45, 2.75) is 45.4 Å². The van der Waals surface area contributed by atoms with Crippen LogP contribution in [0, 0.1) is 0 Å². The van der Waals surface area contributed by atoms with Gasteiger partial charge in [-0.05, 0) is 48.1 Å². The monoisotopic (exact) mass is 456 g/mol. The second-order valence-electron chi connectivity index (χ2n) is 9.20. The van der Waals surface area contributed by atoms with E-state index in [1.165, 1.54) is 0 Å². The van der Waals surface area contributed by atoms with Gasteiger partial charge < -0.3 is 9.64 Å². The lowest BCUT2D eigenvalue weighted by Gasteiger charge is -2.30. The average Bonchev–Trinajstić information content (AvgIpc) is 2.71. The van der Waals surface area contributed by atoms with Crippen molar-refractivity contribution in [2.24, 2.45) is 0 Å². The molecule has 1 N–H and O–H groups in total. The van der Waals surface area contributed by atoms with Crippen LogP contribution in [0.4, 0.5) is 11.4 Å². The van der Waals surface area contributed by atoms with Crippen molar-refractivity contribution in [3.05, 3.63) is 53.1 Å². The Hall–Kier alpha value is -2.80. The zero-order chi connectivity index (χ0) is 23.5. The summed E-state index contributed by atoms with van der Waals surface area (Å²) in [7, 11) is -1.64. The van der Waals surface area contributed by atoms with Gasteiger partial charge in [-0.3, -0.25) is 9.52 Å². The lowest BCUT2D eigenvalue weighted by atomic mass is 9.84. The molecular formula is C25H32N2O4S. The average molecular weight is 457 g/mol. The van der Waals surface area contributed by atoms with Gasteiger partial charge in [0.1, 0.15) is 5.75 Å². The van der Waals surface area contributed by atoms with E-state index in [1.54, 1.807) is 19.2 Å². The summed E-state index contributed by atoms with van der Waals surface area (Å²) in [6, 6.07) is 11.2. The number of nitrogens with zero attached hydrogens (tertiary/aromatic N) is 1. The van der Waals surface area contributed by atoms with Crippen LogP contribution in [0.15, 0.2) is 36.4 Å². The maximum absolute atomic E-state index is 12.6. The molecule has 7 heteroatoms. The van der Waals surface area contributed by atoms with Crippen LogP contribution in [0.3, 0.4) is 0 Å². The van der Waals surface area contributed by atoms with Crippen LogP contribution in [0.25, 0.3) is 12.2 Å². The van der Waals surface area contributed by atoms with E-state index in [-0.39, 0.29) is 11.3 Å². The first-order valence-corrected chi connectivity index (χ1v) is 12.7. The Kier molecular flexibility index (Phi) is 6.98. The second-order valence-corrected chi connectivity index (χ2v) is 10.9.